The van der Waals surface area contributed by atoms with Gasteiger partial charge in [-0.3, -0.25) is 10.1 Å². The van der Waals surface area contributed by atoms with Crippen molar-refractivity contribution in [2.45, 2.75) is 32.8 Å². The van der Waals surface area contributed by atoms with Crippen LogP contribution in [-0.4, -0.2) is 28.1 Å². The molecular formula is C25H24N2O6. The maximum Gasteiger partial charge on any atom is 0.337 e. The number of nitro benzene ring substituents is 1. The minimum Gasteiger partial charge on any atom is -0.478 e. The van der Waals surface area contributed by atoms with E-state index in [1.54, 1.807) is 32.9 Å². The lowest BCUT2D eigenvalue weighted by atomic mass is 9.80. The third-order valence-electron chi connectivity index (χ3n) is 5.28. The van der Waals surface area contributed by atoms with Gasteiger partial charge in [0.2, 0.25) is 0 Å². The van der Waals surface area contributed by atoms with Gasteiger partial charge in [-0.05, 0) is 38.0 Å². The van der Waals surface area contributed by atoms with Crippen LogP contribution in [0.5, 0.6) is 0 Å². The number of hydrogen-bond donors (Lipinski definition) is 2. The first-order chi connectivity index (χ1) is 15.7. The van der Waals surface area contributed by atoms with E-state index in [0.717, 1.165) is 5.56 Å². The monoisotopic (exact) mass is 448 g/mol. The Morgan fingerprint density at radius 2 is 1.76 bits per heavy atom. The standard InChI is InChI=1S/C25H24N2O6/c1-15(12-13-18-8-5-4-6-9-18)33-25(30)22-17(3)26-16(2)21(24(28)29)23(22)19-10-7-11-20(14-19)27(31)32/h4-15,23,26H,1-3H3,(H,28,29)/b13-12+. The van der Waals surface area contributed by atoms with Crippen molar-refractivity contribution in [3.63, 3.8) is 0 Å². The molecule has 0 aromatic heterocycles. The number of esters is 1. The van der Waals surface area contributed by atoms with Crippen molar-refractivity contribution in [1.29, 1.82) is 0 Å². The summed E-state index contributed by atoms with van der Waals surface area (Å²) in [6.07, 6.45) is 2.95. The molecule has 0 amide bonds. The molecule has 170 valence electrons. The molecule has 0 saturated heterocycles. The summed E-state index contributed by atoms with van der Waals surface area (Å²) in [7, 11) is 0. The smallest absolute Gasteiger partial charge is 0.337 e. The summed E-state index contributed by atoms with van der Waals surface area (Å²) in [5.41, 5.74) is 1.87. The van der Waals surface area contributed by atoms with Crippen LogP contribution in [0.2, 0.25) is 0 Å². The lowest BCUT2D eigenvalue weighted by molar-refractivity contribution is -0.384. The van der Waals surface area contributed by atoms with Gasteiger partial charge in [-0.25, -0.2) is 9.59 Å². The lowest BCUT2D eigenvalue weighted by Gasteiger charge is -2.30. The number of aliphatic carboxylic acids is 1. The average Bonchev–Trinajstić information content (AvgIpc) is 2.77. The van der Waals surface area contributed by atoms with Crippen LogP contribution >= 0.6 is 0 Å². The fourth-order valence-electron chi connectivity index (χ4n) is 3.78. The van der Waals surface area contributed by atoms with E-state index in [-0.39, 0.29) is 16.8 Å². The SMILES string of the molecule is CC1=C(C(=O)O)C(c2cccc([N+](=O)[O-])c2)C(C(=O)OC(C)/C=C/c2ccccc2)=C(C)N1. The fourth-order valence-corrected chi connectivity index (χ4v) is 3.78. The zero-order chi connectivity index (χ0) is 24.1. The van der Waals surface area contributed by atoms with E-state index in [4.69, 9.17) is 4.74 Å². The van der Waals surface area contributed by atoms with E-state index in [9.17, 15) is 24.8 Å². The van der Waals surface area contributed by atoms with Crippen LogP contribution in [0.25, 0.3) is 6.08 Å². The third kappa shape index (κ3) is 5.35. The molecule has 0 radical (unpaired) electrons. The van der Waals surface area contributed by atoms with Gasteiger partial charge in [-0.1, -0.05) is 48.5 Å². The summed E-state index contributed by atoms with van der Waals surface area (Å²) in [6, 6.07) is 15.1. The quantitative estimate of drug-likeness (QED) is 0.362. The molecule has 0 fully saturated rings. The average molecular weight is 448 g/mol. The van der Waals surface area contributed by atoms with E-state index < -0.39 is 28.9 Å². The molecular weight excluding hydrogens is 424 g/mol. The van der Waals surface area contributed by atoms with Gasteiger partial charge < -0.3 is 15.2 Å². The van der Waals surface area contributed by atoms with Crippen LogP contribution in [0, 0.1) is 10.1 Å². The number of allylic oxidation sites excluding steroid dienone is 2. The molecule has 2 aromatic carbocycles. The highest BCUT2D eigenvalue weighted by molar-refractivity contribution is 5.99. The van der Waals surface area contributed by atoms with Crippen molar-refractivity contribution >= 4 is 23.7 Å². The van der Waals surface area contributed by atoms with Crippen LogP contribution in [0.3, 0.4) is 0 Å². The molecule has 0 aliphatic carbocycles. The van der Waals surface area contributed by atoms with Gasteiger partial charge in [0.15, 0.2) is 0 Å². The zero-order valence-electron chi connectivity index (χ0n) is 18.4. The number of hydrogen-bond acceptors (Lipinski definition) is 6. The number of benzene rings is 2. The summed E-state index contributed by atoms with van der Waals surface area (Å²) in [6.45, 7) is 4.93. The van der Waals surface area contributed by atoms with E-state index >= 15 is 0 Å². The number of carboxylic acids is 1. The summed E-state index contributed by atoms with van der Waals surface area (Å²) in [5.74, 6) is -2.96. The number of dihydropyridines is 1. The number of carbonyl (C=O) groups excluding carboxylic acids is 1. The van der Waals surface area contributed by atoms with Crippen LogP contribution < -0.4 is 5.32 Å². The van der Waals surface area contributed by atoms with Crippen LogP contribution in [0.1, 0.15) is 37.8 Å². The molecule has 2 unspecified atom stereocenters. The van der Waals surface area contributed by atoms with Gasteiger partial charge in [0.1, 0.15) is 6.10 Å². The first-order valence-corrected chi connectivity index (χ1v) is 10.3. The molecule has 8 nitrogen and oxygen atoms in total. The molecule has 3 rings (SSSR count). The Labute approximate surface area is 191 Å². The maximum absolute atomic E-state index is 13.2. The number of ether oxygens (including phenoxy) is 1. The molecule has 1 aliphatic heterocycles. The van der Waals surface area contributed by atoms with Gasteiger partial charge >= 0.3 is 11.9 Å². The van der Waals surface area contributed by atoms with Gasteiger partial charge in [0.05, 0.1) is 22.0 Å². The maximum atomic E-state index is 13.2. The number of nitrogens with zero attached hydrogens (tertiary/aromatic N) is 1. The van der Waals surface area contributed by atoms with Gasteiger partial charge in [0, 0.05) is 23.5 Å². The third-order valence-corrected chi connectivity index (χ3v) is 5.28. The van der Waals surface area contributed by atoms with Crippen molar-refractivity contribution < 1.29 is 24.4 Å². The van der Waals surface area contributed by atoms with Gasteiger partial charge in [-0.2, -0.15) is 0 Å². The van der Waals surface area contributed by atoms with Crippen molar-refractivity contribution in [3.05, 3.63) is 104 Å². The van der Waals surface area contributed by atoms with E-state index in [1.807, 2.05) is 36.4 Å². The largest absolute Gasteiger partial charge is 0.478 e. The molecule has 1 aliphatic rings. The Balaban J connectivity index is 1.97. The number of nitro groups is 1. The number of carboxylic acid groups (broad SMARTS) is 1. The Kier molecular flexibility index (Phi) is 7.07. The zero-order valence-corrected chi connectivity index (χ0v) is 18.4. The molecule has 0 spiro atoms. The van der Waals surface area contributed by atoms with Crippen LogP contribution in [0.15, 0.2) is 83.2 Å². The molecule has 2 aromatic rings. The summed E-state index contributed by atoms with van der Waals surface area (Å²) in [5, 5.41) is 24.1. The first kappa shape index (κ1) is 23.5. The number of non-ortho nitro benzene ring substituents is 1. The minimum atomic E-state index is -1.23. The second kappa shape index (κ2) is 9.95. The second-order valence-electron chi connectivity index (χ2n) is 7.67. The second-order valence-corrected chi connectivity index (χ2v) is 7.67. The number of rotatable bonds is 7. The van der Waals surface area contributed by atoms with E-state index in [1.165, 1.54) is 18.2 Å². The number of nitrogens with one attached hydrogen (secondary N) is 1. The predicted octanol–water partition coefficient (Wildman–Crippen LogP) is 4.56. The van der Waals surface area contributed by atoms with Crippen molar-refractivity contribution in [2.75, 3.05) is 0 Å². The van der Waals surface area contributed by atoms with Crippen molar-refractivity contribution in [3.8, 4) is 0 Å². The Morgan fingerprint density at radius 3 is 2.39 bits per heavy atom. The molecule has 0 bridgehead atoms. The lowest BCUT2D eigenvalue weighted by Crippen LogP contribution is -2.32. The van der Waals surface area contributed by atoms with Crippen LogP contribution in [-0.2, 0) is 14.3 Å². The number of carbonyl (C=O) groups is 2. The van der Waals surface area contributed by atoms with Gasteiger partial charge in [0.25, 0.3) is 5.69 Å². The minimum absolute atomic E-state index is 0.0690. The molecule has 2 N–H and O–H groups in total. The molecule has 8 heteroatoms. The normalized spacial score (nSPS) is 17.0. The highest BCUT2D eigenvalue weighted by atomic mass is 16.6. The predicted molar refractivity (Wildman–Crippen MR) is 123 cm³/mol. The molecule has 1 heterocycles. The first-order valence-electron chi connectivity index (χ1n) is 10.3. The molecule has 2 atom stereocenters. The highest BCUT2D eigenvalue weighted by Gasteiger charge is 2.38. The Bertz CT molecular complexity index is 1180. The highest BCUT2D eigenvalue weighted by Crippen LogP contribution is 2.39. The van der Waals surface area contributed by atoms with Gasteiger partial charge in [-0.15, -0.1) is 0 Å². The Morgan fingerprint density at radius 1 is 1.09 bits per heavy atom. The van der Waals surface area contributed by atoms with Crippen LogP contribution in [0.4, 0.5) is 5.69 Å². The van der Waals surface area contributed by atoms with Crippen molar-refractivity contribution in [1.82, 2.24) is 5.32 Å². The molecule has 33 heavy (non-hydrogen) atoms. The summed E-state index contributed by atoms with van der Waals surface area (Å²) >= 11 is 0. The van der Waals surface area contributed by atoms with E-state index in [2.05, 4.69) is 5.32 Å². The van der Waals surface area contributed by atoms with Crippen molar-refractivity contribution in [2.24, 2.45) is 0 Å². The summed E-state index contributed by atoms with van der Waals surface area (Å²) in [4.78, 5) is 36.0. The topological polar surface area (TPSA) is 119 Å². The molecule has 0 saturated carbocycles. The summed E-state index contributed by atoms with van der Waals surface area (Å²) < 4.78 is 5.60. The van der Waals surface area contributed by atoms with E-state index in [0.29, 0.717) is 17.0 Å². The fraction of sp³-hybridized carbons (Fsp3) is 0.200. The Hall–Kier alpha value is -4.20.